The summed E-state index contributed by atoms with van der Waals surface area (Å²) < 4.78 is 2.31. The van der Waals surface area contributed by atoms with Crippen LogP contribution >= 0.6 is 0 Å². The molecule has 0 aliphatic rings. The molecule has 5 N–H and O–H groups in total. The van der Waals surface area contributed by atoms with Crippen molar-refractivity contribution in [1.82, 2.24) is 9.13 Å². The van der Waals surface area contributed by atoms with Crippen LogP contribution in [0.4, 0.5) is 11.5 Å². The van der Waals surface area contributed by atoms with Crippen molar-refractivity contribution in [3.05, 3.63) is 20.8 Å². The molecule has 16 heavy (non-hydrogen) atoms. The Kier molecular flexibility index (Phi) is 3.38. The molecule has 1 heterocycles. The van der Waals surface area contributed by atoms with Gasteiger partial charge in [-0.2, -0.15) is 0 Å². The zero-order valence-corrected chi connectivity index (χ0v) is 9.65. The molecule has 0 aliphatic carbocycles. The molecule has 0 spiro atoms. The van der Waals surface area contributed by atoms with Gasteiger partial charge in [0.1, 0.15) is 5.82 Å². The number of nitrogens with one attached hydrogen (secondary N) is 1. The van der Waals surface area contributed by atoms with E-state index in [0.29, 0.717) is 6.54 Å². The third kappa shape index (κ3) is 1.94. The van der Waals surface area contributed by atoms with Crippen molar-refractivity contribution in [1.29, 1.82) is 0 Å². The zero-order chi connectivity index (χ0) is 12.5. The maximum Gasteiger partial charge on any atom is 0.332 e. The minimum atomic E-state index is -0.523. The molecule has 0 fully saturated rings. The first-order chi connectivity index (χ1) is 7.40. The molecule has 1 rings (SSSR count). The topological polar surface area (TPSA) is 108 Å². The third-order valence-electron chi connectivity index (χ3n) is 2.28. The molecule has 0 aromatic carbocycles. The number of nitrogens with zero attached hydrogens (tertiary/aromatic N) is 2. The molecular formula is C9H17N5O2. The molecule has 0 aliphatic heterocycles. The minimum absolute atomic E-state index is 0.0442. The van der Waals surface area contributed by atoms with E-state index in [0.717, 1.165) is 4.57 Å². The number of hydrogen-bond donors (Lipinski definition) is 3. The molecule has 0 saturated heterocycles. The van der Waals surface area contributed by atoms with Crippen LogP contribution in [0, 0.1) is 5.92 Å². The van der Waals surface area contributed by atoms with E-state index in [1.807, 2.05) is 13.8 Å². The molecule has 90 valence electrons. The van der Waals surface area contributed by atoms with Gasteiger partial charge in [-0.3, -0.25) is 19.8 Å². The van der Waals surface area contributed by atoms with Gasteiger partial charge in [0.05, 0.1) is 0 Å². The van der Waals surface area contributed by atoms with Gasteiger partial charge < -0.3 is 11.2 Å². The van der Waals surface area contributed by atoms with Crippen LogP contribution < -0.4 is 28.3 Å². The smallest absolute Gasteiger partial charge is 0.332 e. The number of nitrogens with two attached hydrogens (primary N) is 2. The first kappa shape index (κ1) is 12.3. The van der Waals surface area contributed by atoms with Crippen LogP contribution in [-0.2, 0) is 13.6 Å². The Morgan fingerprint density at radius 2 is 1.94 bits per heavy atom. The van der Waals surface area contributed by atoms with Crippen LogP contribution in [0.1, 0.15) is 13.8 Å². The van der Waals surface area contributed by atoms with Crippen molar-refractivity contribution in [2.24, 2.45) is 18.8 Å². The minimum Gasteiger partial charge on any atom is -0.383 e. The first-order valence-electron chi connectivity index (χ1n) is 4.96. The molecule has 0 bridgehead atoms. The Bertz CT molecular complexity index is 500. The van der Waals surface area contributed by atoms with Crippen LogP contribution in [-0.4, -0.2) is 9.13 Å². The highest BCUT2D eigenvalue weighted by Gasteiger charge is 2.14. The fraction of sp³-hybridized carbons (Fsp3) is 0.556. The standard InChI is InChI=1S/C9H17N5O2/c1-5(2)4-14-7(10)6(12-11)8(15)13(3)9(14)16/h5,12H,4,10-11H2,1-3H3. The largest absolute Gasteiger partial charge is 0.383 e. The predicted molar refractivity (Wildman–Crippen MR) is 63.0 cm³/mol. The molecule has 1 aromatic heterocycles. The van der Waals surface area contributed by atoms with E-state index in [1.54, 1.807) is 0 Å². The van der Waals surface area contributed by atoms with Crippen LogP contribution in [0.15, 0.2) is 9.59 Å². The lowest BCUT2D eigenvalue weighted by atomic mass is 10.2. The maximum absolute atomic E-state index is 11.8. The lowest BCUT2D eigenvalue weighted by Crippen LogP contribution is -2.42. The Labute approximate surface area is 92.6 Å². The van der Waals surface area contributed by atoms with Crippen molar-refractivity contribution in [3.8, 4) is 0 Å². The normalized spacial score (nSPS) is 10.8. The van der Waals surface area contributed by atoms with Gasteiger partial charge in [-0.25, -0.2) is 4.79 Å². The van der Waals surface area contributed by atoms with E-state index in [2.05, 4.69) is 5.43 Å². The van der Waals surface area contributed by atoms with Crippen molar-refractivity contribution in [2.45, 2.75) is 20.4 Å². The van der Waals surface area contributed by atoms with E-state index in [9.17, 15) is 9.59 Å². The molecule has 0 unspecified atom stereocenters. The van der Waals surface area contributed by atoms with Crippen LogP contribution in [0.25, 0.3) is 0 Å². The number of anilines is 2. The predicted octanol–water partition coefficient (Wildman–Crippen LogP) is -0.929. The van der Waals surface area contributed by atoms with Gasteiger partial charge in [-0.1, -0.05) is 13.8 Å². The van der Waals surface area contributed by atoms with E-state index in [1.165, 1.54) is 11.6 Å². The highest BCUT2D eigenvalue weighted by molar-refractivity contribution is 5.59. The van der Waals surface area contributed by atoms with Crippen molar-refractivity contribution in [2.75, 3.05) is 11.2 Å². The van der Waals surface area contributed by atoms with Gasteiger partial charge in [-0.05, 0) is 5.92 Å². The summed E-state index contributed by atoms with van der Waals surface area (Å²) in [7, 11) is 1.39. The summed E-state index contributed by atoms with van der Waals surface area (Å²) in [6.45, 7) is 4.34. The summed E-state index contributed by atoms with van der Waals surface area (Å²) in [6.07, 6.45) is 0. The molecule has 0 saturated carbocycles. The van der Waals surface area contributed by atoms with Crippen LogP contribution in [0.5, 0.6) is 0 Å². The molecule has 0 atom stereocenters. The van der Waals surface area contributed by atoms with Crippen molar-refractivity contribution >= 4 is 11.5 Å². The van der Waals surface area contributed by atoms with Gasteiger partial charge in [0.2, 0.25) is 0 Å². The highest BCUT2D eigenvalue weighted by Crippen LogP contribution is 2.10. The third-order valence-corrected chi connectivity index (χ3v) is 2.28. The number of hydrazine groups is 1. The molecular weight excluding hydrogens is 210 g/mol. The van der Waals surface area contributed by atoms with Crippen molar-refractivity contribution in [3.63, 3.8) is 0 Å². The summed E-state index contributed by atoms with van der Waals surface area (Å²) in [5, 5.41) is 0. The zero-order valence-electron chi connectivity index (χ0n) is 9.65. The average Bonchev–Trinajstić information content (AvgIpc) is 2.22. The summed E-state index contributed by atoms with van der Waals surface area (Å²) >= 11 is 0. The van der Waals surface area contributed by atoms with Crippen molar-refractivity contribution < 1.29 is 0 Å². The van der Waals surface area contributed by atoms with Crippen LogP contribution in [0.2, 0.25) is 0 Å². The summed E-state index contributed by atoms with van der Waals surface area (Å²) in [4.78, 5) is 23.4. The average molecular weight is 227 g/mol. The van der Waals surface area contributed by atoms with Crippen LogP contribution in [0.3, 0.4) is 0 Å². The number of aromatic nitrogens is 2. The quantitative estimate of drug-likeness (QED) is 0.456. The SMILES string of the molecule is CC(C)Cn1c(N)c(NN)c(=O)n(C)c1=O. The summed E-state index contributed by atoms with van der Waals surface area (Å²) in [5.74, 6) is 5.52. The molecule has 0 radical (unpaired) electrons. The molecule has 7 nitrogen and oxygen atoms in total. The van der Waals surface area contributed by atoms with Gasteiger partial charge in [0, 0.05) is 13.6 Å². The number of rotatable bonds is 3. The number of hydrogen-bond acceptors (Lipinski definition) is 5. The lowest BCUT2D eigenvalue weighted by Gasteiger charge is -2.15. The molecule has 0 amide bonds. The monoisotopic (exact) mass is 227 g/mol. The summed E-state index contributed by atoms with van der Waals surface area (Å²) in [5.41, 5.74) is 7.03. The van der Waals surface area contributed by atoms with Gasteiger partial charge >= 0.3 is 5.69 Å². The second-order valence-corrected chi connectivity index (χ2v) is 4.06. The molecule has 1 aromatic rings. The fourth-order valence-electron chi connectivity index (χ4n) is 1.46. The maximum atomic E-state index is 11.8. The molecule has 7 heteroatoms. The van der Waals surface area contributed by atoms with Gasteiger partial charge in [0.25, 0.3) is 5.56 Å². The second kappa shape index (κ2) is 4.40. The Morgan fingerprint density at radius 3 is 2.38 bits per heavy atom. The Balaban J connectivity index is 3.56. The number of nitrogen functional groups attached to an aromatic ring is 2. The first-order valence-corrected chi connectivity index (χ1v) is 4.96. The van der Waals surface area contributed by atoms with E-state index < -0.39 is 11.2 Å². The van der Waals surface area contributed by atoms with E-state index >= 15 is 0 Å². The van der Waals surface area contributed by atoms with E-state index in [4.69, 9.17) is 11.6 Å². The Hall–Kier alpha value is -1.76. The fourth-order valence-corrected chi connectivity index (χ4v) is 1.46. The summed E-state index contributed by atoms with van der Waals surface area (Å²) in [6, 6.07) is 0. The van der Waals surface area contributed by atoms with E-state index in [-0.39, 0.29) is 17.4 Å². The van der Waals surface area contributed by atoms with Gasteiger partial charge in [0.15, 0.2) is 5.69 Å². The Morgan fingerprint density at radius 1 is 1.38 bits per heavy atom. The second-order valence-electron chi connectivity index (χ2n) is 4.06. The highest BCUT2D eigenvalue weighted by atomic mass is 16.2. The van der Waals surface area contributed by atoms with Gasteiger partial charge in [-0.15, -0.1) is 0 Å². The lowest BCUT2D eigenvalue weighted by molar-refractivity contribution is 0.494.